The Kier molecular flexibility index (Phi) is 2.56. The largest absolute Gasteiger partial charge is 0.299 e. The van der Waals surface area contributed by atoms with Crippen molar-refractivity contribution in [3.8, 4) is 0 Å². The second-order valence-electron chi connectivity index (χ2n) is 7.63. The van der Waals surface area contributed by atoms with Crippen LogP contribution in [0.3, 0.4) is 0 Å². The van der Waals surface area contributed by atoms with Gasteiger partial charge in [-0.25, -0.2) is 0 Å². The van der Waals surface area contributed by atoms with E-state index in [0.29, 0.717) is 24.0 Å². The highest BCUT2D eigenvalue weighted by atomic mass is 16.1. The SMILES string of the molecule is C[C@]12CCC(=O)C=C1C=C[C@@H]1C2=CC[C@]2(C)C(=O)CC[C@@H]12. The van der Waals surface area contributed by atoms with Gasteiger partial charge in [0.15, 0.2) is 5.78 Å². The van der Waals surface area contributed by atoms with E-state index < -0.39 is 0 Å². The first kappa shape index (κ1) is 13.2. The van der Waals surface area contributed by atoms with Gasteiger partial charge >= 0.3 is 0 Å². The second kappa shape index (κ2) is 4.06. The molecule has 4 aliphatic carbocycles. The van der Waals surface area contributed by atoms with Crippen molar-refractivity contribution in [2.45, 2.75) is 46.0 Å². The average Bonchev–Trinajstić information content (AvgIpc) is 2.76. The predicted octanol–water partition coefficient (Wildman–Crippen LogP) is 3.78. The summed E-state index contributed by atoms with van der Waals surface area (Å²) in [6, 6.07) is 0. The van der Waals surface area contributed by atoms with Crippen LogP contribution in [0.25, 0.3) is 0 Å². The van der Waals surface area contributed by atoms with Gasteiger partial charge in [0.05, 0.1) is 0 Å². The van der Waals surface area contributed by atoms with Gasteiger partial charge < -0.3 is 0 Å². The number of hydrogen-bond acceptors (Lipinski definition) is 2. The van der Waals surface area contributed by atoms with Gasteiger partial charge in [-0.3, -0.25) is 9.59 Å². The van der Waals surface area contributed by atoms with Gasteiger partial charge in [-0.15, -0.1) is 0 Å². The van der Waals surface area contributed by atoms with Crippen LogP contribution in [0, 0.1) is 22.7 Å². The van der Waals surface area contributed by atoms with E-state index in [1.807, 2.05) is 6.08 Å². The van der Waals surface area contributed by atoms with E-state index >= 15 is 0 Å². The molecule has 0 amide bonds. The van der Waals surface area contributed by atoms with Crippen molar-refractivity contribution in [1.29, 1.82) is 0 Å². The summed E-state index contributed by atoms with van der Waals surface area (Å²) < 4.78 is 0. The molecule has 0 unspecified atom stereocenters. The number of carbonyl (C=O) groups is 2. The van der Waals surface area contributed by atoms with E-state index in [1.54, 1.807) is 0 Å². The van der Waals surface area contributed by atoms with Crippen molar-refractivity contribution < 1.29 is 9.59 Å². The molecule has 0 aromatic rings. The molecule has 2 heteroatoms. The molecule has 4 rings (SSSR count). The summed E-state index contributed by atoms with van der Waals surface area (Å²) in [6.45, 7) is 4.44. The van der Waals surface area contributed by atoms with Crippen molar-refractivity contribution >= 4 is 11.6 Å². The van der Waals surface area contributed by atoms with E-state index in [9.17, 15) is 9.59 Å². The summed E-state index contributed by atoms with van der Waals surface area (Å²) in [5.41, 5.74) is 2.51. The molecule has 0 radical (unpaired) electrons. The zero-order valence-electron chi connectivity index (χ0n) is 12.8. The average molecular weight is 282 g/mol. The van der Waals surface area contributed by atoms with Gasteiger partial charge in [0.1, 0.15) is 5.78 Å². The third-order valence-corrected chi connectivity index (χ3v) is 6.62. The lowest BCUT2D eigenvalue weighted by atomic mass is 9.54. The fourth-order valence-corrected chi connectivity index (χ4v) is 5.12. The van der Waals surface area contributed by atoms with Crippen molar-refractivity contribution in [2.24, 2.45) is 22.7 Å². The van der Waals surface area contributed by atoms with Crippen molar-refractivity contribution in [3.63, 3.8) is 0 Å². The van der Waals surface area contributed by atoms with Gasteiger partial charge in [0.25, 0.3) is 0 Å². The van der Waals surface area contributed by atoms with Crippen LogP contribution in [0.15, 0.2) is 35.5 Å². The molecule has 2 nitrogen and oxygen atoms in total. The Hall–Kier alpha value is -1.44. The molecule has 0 heterocycles. The molecule has 0 bridgehead atoms. The number of carbonyl (C=O) groups excluding carboxylic acids is 2. The van der Waals surface area contributed by atoms with Crippen LogP contribution < -0.4 is 0 Å². The van der Waals surface area contributed by atoms with Crippen LogP contribution in [0.2, 0.25) is 0 Å². The Balaban J connectivity index is 1.83. The molecule has 21 heavy (non-hydrogen) atoms. The molecule has 4 atom stereocenters. The summed E-state index contributed by atoms with van der Waals surface area (Å²) in [4.78, 5) is 24.0. The van der Waals surface area contributed by atoms with Gasteiger partial charge in [-0.05, 0) is 36.8 Å². The van der Waals surface area contributed by atoms with Crippen LogP contribution in [0.4, 0.5) is 0 Å². The van der Waals surface area contributed by atoms with Crippen LogP contribution in [0.1, 0.15) is 46.0 Å². The minimum atomic E-state index is -0.152. The fourth-order valence-electron chi connectivity index (χ4n) is 5.12. The number of ketones is 2. The Bertz CT molecular complexity index is 636. The molecule has 1 fully saturated rings. The highest BCUT2D eigenvalue weighted by Gasteiger charge is 2.54. The van der Waals surface area contributed by atoms with Crippen molar-refractivity contribution in [3.05, 3.63) is 35.5 Å². The maximum atomic E-state index is 12.3. The fraction of sp³-hybridized carbons (Fsp3) is 0.579. The summed E-state index contributed by atoms with van der Waals surface area (Å²) >= 11 is 0. The Morgan fingerprint density at radius 2 is 2.00 bits per heavy atom. The Morgan fingerprint density at radius 3 is 2.81 bits per heavy atom. The summed E-state index contributed by atoms with van der Waals surface area (Å²) in [5.74, 6) is 1.55. The lowest BCUT2D eigenvalue weighted by Gasteiger charge is -2.49. The summed E-state index contributed by atoms with van der Waals surface area (Å²) in [5, 5.41) is 0. The molecule has 0 saturated heterocycles. The third-order valence-electron chi connectivity index (χ3n) is 6.62. The second-order valence-corrected chi connectivity index (χ2v) is 7.63. The molecule has 110 valence electrons. The zero-order valence-corrected chi connectivity index (χ0v) is 12.8. The summed E-state index contributed by atoms with van der Waals surface area (Å²) in [6.07, 6.45) is 12.8. The van der Waals surface area contributed by atoms with Crippen LogP contribution >= 0.6 is 0 Å². The third kappa shape index (κ3) is 1.59. The summed E-state index contributed by atoms with van der Waals surface area (Å²) in [7, 11) is 0. The van der Waals surface area contributed by atoms with Gasteiger partial charge in [-0.2, -0.15) is 0 Å². The first-order valence-corrected chi connectivity index (χ1v) is 8.12. The first-order chi connectivity index (χ1) is 9.95. The zero-order chi connectivity index (χ0) is 14.8. The molecule has 0 aromatic heterocycles. The highest BCUT2D eigenvalue weighted by Crippen LogP contribution is 2.60. The topological polar surface area (TPSA) is 34.1 Å². The van der Waals surface area contributed by atoms with Crippen molar-refractivity contribution in [1.82, 2.24) is 0 Å². The standard InChI is InChI=1S/C19H22O2/c1-18-9-7-13(20)11-12(18)3-4-14-15-5-6-17(21)19(15,2)10-8-16(14)18/h3-4,8,11,14-15H,5-7,9-10H2,1-2H3/t14-,15-,18-,19-/m0/s1. The van der Waals surface area contributed by atoms with Gasteiger partial charge in [0.2, 0.25) is 0 Å². The van der Waals surface area contributed by atoms with E-state index in [4.69, 9.17) is 0 Å². The Labute approximate surface area is 126 Å². The van der Waals surface area contributed by atoms with Crippen LogP contribution in [-0.2, 0) is 9.59 Å². The number of Topliss-reactive ketones (excluding diaryl/α,β-unsaturated/α-hetero) is 1. The molecule has 0 aliphatic heterocycles. The monoisotopic (exact) mass is 282 g/mol. The predicted molar refractivity (Wildman–Crippen MR) is 81.6 cm³/mol. The first-order valence-electron chi connectivity index (χ1n) is 8.12. The van der Waals surface area contributed by atoms with Gasteiger partial charge in [-0.1, -0.05) is 37.6 Å². The number of fused-ring (bicyclic) bond motifs is 5. The molecule has 4 aliphatic rings. The van der Waals surface area contributed by atoms with E-state index in [-0.39, 0.29) is 16.6 Å². The highest BCUT2D eigenvalue weighted by molar-refractivity contribution is 5.93. The quantitative estimate of drug-likeness (QED) is 0.634. The van der Waals surface area contributed by atoms with E-state index in [1.165, 1.54) is 11.1 Å². The molecule has 1 saturated carbocycles. The minimum absolute atomic E-state index is 0.0142. The molecule has 0 spiro atoms. The molecular weight excluding hydrogens is 260 g/mol. The lowest BCUT2D eigenvalue weighted by molar-refractivity contribution is -0.126. The van der Waals surface area contributed by atoms with Crippen LogP contribution in [0.5, 0.6) is 0 Å². The van der Waals surface area contributed by atoms with E-state index in [2.05, 4.69) is 32.1 Å². The van der Waals surface area contributed by atoms with Crippen molar-refractivity contribution in [2.75, 3.05) is 0 Å². The normalized spacial score (nSPS) is 44.7. The Morgan fingerprint density at radius 1 is 1.19 bits per heavy atom. The van der Waals surface area contributed by atoms with E-state index in [0.717, 1.165) is 25.7 Å². The smallest absolute Gasteiger partial charge is 0.156 e. The van der Waals surface area contributed by atoms with Crippen LogP contribution in [-0.4, -0.2) is 11.6 Å². The molecule has 0 aromatic carbocycles. The number of allylic oxidation sites excluding steroid dienone is 6. The number of rotatable bonds is 0. The lowest BCUT2D eigenvalue weighted by Crippen LogP contribution is -2.42. The maximum absolute atomic E-state index is 12.3. The molecular formula is C19H22O2. The minimum Gasteiger partial charge on any atom is -0.299 e. The maximum Gasteiger partial charge on any atom is 0.156 e. The number of hydrogen-bond donors (Lipinski definition) is 0. The van der Waals surface area contributed by atoms with Gasteiger partial charge in [0, 0.05) is 29.6 Å². The molecule has 0 N–H and O–H groups in total.